The Bertz CT molecular complexity index is 968. The van der Waals surface area contributed by atoms with E-state index in [0.29, 0.717) is 23.8 Å². The molecule has 4 rings (SSSR count). The number of methoxy groups -OCH3 is 1. The molecule has 1 aliphatic carbocycles. The summed E-state index contributed by atoms with van der Waals surface area (Å²) in [5, 5.41) is 0.690. The van der Waals surface area contributed by atoms with E-state index in [2.05, 4.69) is 0 Å². The van der Waals surface area contributed by atoms with Crippen molar-refractivity contribution in [3.05, 3.63) is 95.1 Å². The van der Waals surface area contributed by atoms with E-state index in [1.54, 1.807) is 0 Å². The number of ether oxygens (including phenoxy) is 2. The number of carbonyl (C=O) groups is 1. The number of benzene rings is 2. The number of hydrogen-bond donors (Lipinski definition) is 0. The summed E-state index contributed by atoms with van der Waals surface area (Å²) in [6.45, 7) is 0. The molecule has 0 spiro atoms. The Kier molecular flexibility index (Phi) is 5.54. The van der Waals surface area contributed by atoms with E-state index < -0.39 is 17.6 Å². The minimum Gasteiger partial charge on any atom is -0.470 e. The van der Waals surface area contributed by atoms with Crippen LogP contribution >= 0.6 is 11.6 Å². The fourth-order valence-electron chi connectivity index (χ4n) is 3.94. The molecule has 0 bridgehead atoms. The van der Waals surface area contributed by atoms with E-state index in [0.717, 1.165) is 11.1 Å². The smallest absolute Gasteiger partial charge is 0.338 e. The van der Waals surface area contributed by atoms with Crippen LogP contribution < -0.4 is 0 Å². The van der Waals surface area contributed by atoms with Crippen LogP contribution in [0.1, 0.15) is 17.5 Å². The molecule has 0 aromatic heterocycles. The summed E-state index contributed by atoms with van der Waals surface area (Å²) in [5.74, 6) is 0.0163. The van der Waals surface area contributed by atoms with Crippen LogP contribution in [-0.2, 0) is 20.7 Å². The Morgan fingerprint density at radius 1 is 1.17 bits per heavy atom. The monoisotopic (exact) mass is 407 g/mol. The third kappa shape index (κ3) is 3.85. The maximum atomic E-state index is 13.2. The summed E-state index contributed by atoms with van der Waals surface area (Å²) in [4.78, 5) is 18.0. The average Bonchev–Trinajstić information content (AvgIpc) is 3.15. The molecule has 1 heterocycles. The fourth-order valence-corrected chi connectivity index (χ4v) is 4.10. The number of aliphatic imine (C=N–C) groups is 1. The van der Waals surface area contributed by atoms with Gasteiger partial charge in [-0.3, -0.25) is 0 Å². The van der Waals surface area contributed by atoms with Gasteiger partial charge in [0.05, 0.1) is 7.11 Å². The molecule has 0 N–H and O–H groups in total. The highest BCUT2D eigenvalue weighted by molar-refractivity contribution is 6.31. The maximum absolute atomic E-state index is 13.2. The van der Waals surface area contributed by atoms with Gasteiger partial charge in [-0.25, -0.2) is 9.79 Å². The SMILES string of the molecule is COC(=O)[C@@]1(Cc2ccccc2)N=C(c2ccccc2)O[C@H]1C1C=CC(Cl)=CC1. The lowest BCUT2D eigenvalue weighted by Gasteiger charge is -2.33. The van der Waals surface area contributed by atoms with Gasteiger partial charge in [-0.2, -0.15) is 0 Å². The second-order valence-corrected chi connectivity index (χ2v) is 7.68. The Balaban J connectivity index is 1.79. The number of nitrogens with zero attached hydrogens (tertiary/aromatic N) is 1. The van der Waals surface area contributed by atoms with Gasteiger partial charge in [-0.1, -0.05) is 72.3 Å². The van der Waals surface area contributed by atoms with E-state index in [1.807, 2.05) is 78.9 Å². The van der Waals surface area contributed by atoms with Crippen LogP contribution in [-0.4, -0.2) is 30.6 Å². The first-order valence-corrected chi connectivity index (χ1v) is 9.98. The first-order valence-electron chi connectivity index (χ1n) is 9.60. The van der Waals surface area contributed by atoms with E-state index in [4.69, 9.17) is 26.1 Å². The standard InChI is InChI=1S/C24H22ClNO3/c1-28-23(27)24(16-17-8-4-2-5-9-17)21(18-12-14-20(25)15-13-18)29-22(26-24)19-10-6-3-7-11-19/h2-12,14-15,18,21H,13,16H2,1H3/t18?,21-,24-/m0/s1. The Hall–Kier alpha value is -2.85. The van der Waals surface area contributed by atoms with Gasteiger partial charge in [0.1, 0.15) is 6.10 Å². The number of allylic oxidation sites excluding steroid dienone is 3. The van der Waals surface area contributed by atoms with Crippen molar-refractivity contribution in [2.75, 3.05) is 7.11 Å². The summed E-state index contributed by atoms with van der Waals surface area (Å²) in [5.41, 5.74) is 0.663. The van der Waals surface area contributed by atoms with Crippen LogP contribution in [0.2, 0.25) is 0 Å². The van der Waals surface area contributed by atoms with Crippen LogP contribution in [0.4, 0.5) is 0 Å². The van der Waals surface area contributed by atoms with Gasteiger partial charge in [-0.15, -0.1) is 0 Å². The van der Waals surface area contributed by atoms with Crippen LogP contribution in [0.5, 0.6) is 0 Å². The Morgan fingerprint density at radius 2 is 1.86 bits per heavy atom. The molecule has 2 aromatic rings. The van der Waals surface area contributed by atoms with E-state index >= 15 is 0 Å². The minimum absolute atomic E-state index is 0.0507. The van der Waals surface area contributed by atoms with Crippen LogP contribution in [0, 0.1) is 5.92 Å². The van der Waals surface area contributed by atoms with Crippen LogP contribution in [0.25, 0.3) is 0 Å². The number of hydrogen-bond acceptors (Lipinski definition) is 4. The first-order chi connectivity index (χ1) is 14.1. The molecule has 148 valence electrons. The van der Waals surface area contributed by atoms with Crippen LogP contribution in [0.3, 0.4) is 0 Å². The number of rotatable bonds is 5. The van der Waals surface area contributed by atoms with Crippen molar-refractivity contribution in [3.8, 4) is 0 Å². The molecule has 0 saturated carbocycles. The average molecular weight is 408 g/mol. The van der Waals surface area contributed by atoms with Crippen molar-refractivity contribution in [2.45, 2.75) is 24.5 Å². The number of halogens is 1. The molecule has 5 heteroatoms. The fraction of sp³-hybridized carbons (Fsp3) is 0.250. The molecule has 0 fully saturated rings. The lowest BCUT2D eigenvalue weighted by Crippen LogP contribution is -2.51. The molecule has 2 aliphatic rings. The minimum atomic E-state index is -1.17. The zero-order valence-corrected chi connectivity index (χ0v) is 16.9. The second kappa shape index (κ2) is 8.26. The van der Waals surface area contributed by atoms with Crippen molar-refractivity contribution < 1.29 is 14.3 Å². The maximum Gasteiger partial charge on any atom is 0.338 e. The molecule has 29 heavy (non-hydrogen) atoms. The molecule has 1 unspecified atom stereocenters. The molecular weight excluding hydrogens is 386 g/mol. The molecule has 4 nitrogen and oxygen atoms in total. The quantitative estimate of drug-likeness (QED) is 0.676. The highest BCUT2D eigenvalue weighted by atomic mass is 35.5. The summed E-state index contributed by atoms with van der Waals surface area (Å²) >= 11 is 6.12. The third-order valence-electron chi connectivity index (χ3n) is 5.36. The van der Waals surface area contributed by atoms with Crippen molar-refractivity contribution in [3.63, 3.8) is 0 Å². The van der Waals surface area contributed by atoms with E-state index in [9.17, 15) is 4.79 Å². The summed E-state index contributed by atoms with van der Waals surface area (Å²) < 4.78 is 11.6. The van der Waals surface area contributed by atoms with Crippen LogP contribution in [0.15, 0.2) is 88.9 Å². The predicted molar refractivity (Wildman–Crippen MR) is 114 cm³/mol. The highest BCUT2D eigenvalue weighted by Gasteiger charge is 2.55. The molecular formula is C24H22ClNO3. The Labute approximate surface area is 175 Å². The number of esters is 1. The summed E-state index contributed by atoms with van der Waals surface area (Å²) in [6.07, 6.45) is 6.36. The molecule has 0 saturated heterocycles. The lowest BCUT2D eigenvalue weighted by molar-refractivity contribution is -0.150. The molecule has 0 radical (unpaired) electrons. The van der Waals surface area contributed by atoms with Gasteiger partial charge in [0, 0.05) is 22.9 Å². The van der Waals surface area contributed by atoms with Crippen molar-refractivity contribution in [2.24, 2.45) is 10.9 Å². The van der Waals surface area contributed by atoms with Crippen molar-refractivity contribution in [1.29, 1.82) is 0 Å². The lowest BCUT2D eigenvalue weighted by atomic mass is 9.78. The molecule has 2 aromatic carbocycles. The normalized spacial score (nSPS) is 25.7. The zero-order valence-electron chi connectivity index (χ0n) is 16.1. The summed E-state index contributed by atoms with van der Waals surface area (Å²) in [7, 11) is 1.40. The van der Waals surface area contributed by atoms with Gasteiger partial charge in [0.25, 0.3) is 0 Å². The van der Waals surface area contributed by atoms with Gasteiger partial charge in [0.15, 0.2) is 0 Å². The Morgan fingerprint density at radius 3 is 2.48 bits per heavy atom. The molecule has 1 aliphatic heterocycles. The van der Waals surface area contributed by atoms with Gasteiger partial charge < -0.3 is 9.47 Å². The van der Waals surface area contributed by atoms with E-state index in [1.165, 1.54) is 7.11 Å². The number of carbonyl (C=O) groups excluding carboxylic acids is 1. The third-order valence-corrected chi connectivity index (χ3v) is 5.64. The van der Waals surface area contributed by atoms with Crippen molar-refractivity contribution >= 4 is 23.5 Å². The first kappa shape index (κ1) is 19.5. The summed E-state index contributed by atoms with van der Waals surface area (Å²) in [6, 6.07) is 19.5. The van der Waals surface area contributed by atoms with Gasteiger partial charge in [-0.05, 0) is 30.2 Å². The predicted octanol–water partition coefficient (Wildman–Crippen LogP) is 4.69. The molecule has 0 amide bonds. The second-order valence-electron chi connectivity index (χ2n) is 7.25. The molecule has 3 atom stereocenters. The topological polar surface area (TPSA) is 47.9 Å². The van der Waals surface area contributed by atoms with Gasteiger partial charge in [0.2, 0.25) is 11.4 Å². The van der Waals surface area contributed by atoms with Gasteiger partial charge >= 0.3 is 5.97 Å². The van der Waals surface area contributed by atoms with Crippen molar-refractivity contribution in [1.82, 2.24) is 0 Å². The van der Waals surface area contributed by atoms with E-state index in [-0.39, 0.29) is 5.92 Å². The largest absolute Gasteiger partial charge is 0.470 e. The highest BCUT2D eigenvalue weighted by Crippen LogP contribution is 2.40. The zero-order chi connectivity index (χ0) is 20.3.